The largest absolute Gasteiger partial charge is 0.306 e. The van der Waals surface area contributed by atoms with E-state index in [1.54, 1.807) is 12.4 Å². The zero-order valence-corrected chi connectivity index (χ0v) is 16.3. The molecular formula is C22H25N5O. The van der Waals surface area contributed by atoms with Gasteiger partial charge >= 0.3 is 0 Å². The van der Waals surface area contributed by atoms with Gasteiger partial charge in [-0.2, -0.15) is 0 Å². The zero-order valence-electron chi connectivity index (χ0n) is 16.3. The number of nitrogens with zero attached hydrogens (tertiary/aromatic N) is 4. The molecule has 0 spiro atoms. The highest BCUT2D eigenvalue weighted by atomic mass is 16.1. The maximum atomic E-state index is 12.1. The molecule has 1 N–H and O–H groups in total. The number of nitrogens with one attached hydrogen (secondary N) is 1. The number of pyridine rings is 1. The zero-order chi connectivity index (χ0) is 19.5. The summed E-state index contributed by atoms with van der Waals surface area (Å²) in [5, 5.41) is 0. The molecule has 2 aromatic heterocycles. The first-order valence-electron chi connectivity index (χ1n) is 9.58. The number of benzene rings is 1. The molecular weight excluding hydrogens is 350 g/mol. The smallest absolute Gasteiger partial charge is 0.251 e. The standard InChI is InChI=1S/C22H25N5O/c1-26-12-9-19(15-26)27(2)14-16-3-5-18(6-4-16)22-24-20(13-21(28)25-22)17-7-10-23-11-8-17/h3-8,10-11,13,19H,9,12,14-15H2,1-2H3,(H,24,25,28). The number of aromatic nitrogens is 3. The van der Waals surface area contributed by atoms with Crippen molar-refractivity contribution in [1.29, 1.82) is 0 Å². The van der Waals surface area contributed by atoms with E-state index < -0.39 is 0 Å². The summed E-state index contributed by atoms with van der Waals surface area (Å²) < 4.78 is 0. The summed E-state index contributed by atoms with van der Waals surface area (Å²) in [7, 11) is 4.37. The van der Waals surface area contributed by atoms with Gasteiger partial charge in [0, 0.05) is 48.7 Å². The van der Waals surface area contributed by atoms with E-state index in [1.165, 1.54) is 24.6 Å². The van der Waals surface area contributed by atoms with Crippen molar-refractivity contribution < 1.29 is 0 Å². The third-order valence-electron chi connectivity index (χ3n) is 5.37. The Morgan fingerprint density at radius 3 is 2.57 bits per heavy atom. The molecule has 6 nitrogen and oxygen atoms in total. The van der Waals surface area contributed by atoms with Gasteiger partial charge in [0.25, 0.3) is 5.56 Å². The van der Waals surface area contributed by atoms with Crippen LogP contribution in [-0.4, -0.2) is 58.0 Å². The number of rotatable bonds is 5. The van der Waals surface area contributed by atoms with Gasteiger partial charge in [-0.1, -0.05) is 24.3 Å². The lowest BCUT2D eigenvalue weighted by molar-refractivity contribution is 0.234. The number of hydrogen-bond donors (Lipinski definition) is 1. The van der Waals surface area contributed by atoms with Gasteiger partial charge in [-0.05, 0) is 44.8 Å². The lowest BCUT2D eigenvalue weighted by atomic mass is 10.1. The lowest BCUT2D eigenvalue weighted by Crippen LogP contribution is -2.33. The van der Waals surface area contributed by atoms with Gasteiger partial charge in [0.15, 0.2) is 0 Å². The molecule has 0 aliphatic carbocycles. The highest BCUT2D eigenvalue weighted by Gasteiger charge is 2.23. The van der Waals surface area contributed by atoms with Gasteiger partial charge in [0.05, 0.1) is 5.69 Å². The van der Waals surface area contributed by atoms with E-state index in [2.05, 4.69) is 51.0 Å². The highest BCUT2D eigenvalue weighted by molar-refractivity contribution is 5.63. The molecule has 144 valence electrons. The van der Waals surface area contributed by atoms with Gasteiger partial charge in [-0.15, -0.1) is 0 Å². The van der Waals surface area contributed by atoms with Crippen molar-refractivity contribution in [2.24, 2.45) is 0 Å². The molecule has 0 bridgehead atoms. The Labute approximate surface area is 164 Å². The topological polar surface area (TPSA) is 65.1 Å². The molecule has 1 unspecified atom stereocenters. The van der Waals surface area contributed by atoms with Crippen LogP contribution in [0.3, 0.4) is 0 Å². The first-order valence-corrected chi connectivity index (χ1v) is 9.58. The minimum Gasteiger partial charge on any atom is -0.306 e. The molecule has 0 saturated carbocycles. The summed E-state index contributed by atoms with van der Waals surface area (Å²) in [5.41, 5.74) is 3.52. The molecule has 4 rings (SSSR count). The second kappa shape index (κ2) is 8.04. The van der Waals surface area contributed by atoms with Gasteiger partial charge in [0.2, 0.25) is 0 Å². The molecule has 1 aliphatic heterocycles. The van der Waals surface area contributed by atoms with Crippen molar-refractivity contribution >= 4 is 0 Å². The first kappa shape index (κ1) is 18.5. The van der Waals surface area contributed by atoms with Crippen LogP contribution in [0.1, 0.15) is 12.0 Å². The molecule has 28 heavy (non-hydrogen) atoms. The Kier molecular flexibility index (Phi) is 5.32. The Morgan fingerprint density at radius 2 is 1.89 bits per heavy atom. The van der Waals surface area contributed by atoms with Crippen LogP contribution in [0, 0.1) is 0 Å². The number of H-pyrrole nitrogens is 1. The Balaban J connectivity index is 1.52. The quantitative estimate of drug-likeness (QED) is 0.743. The highest BCUT2D eigenvalue weighted by Crippen LogP contribution is 2.21. The molecule has 3 aromatic rings. The molecule has 6 heteroatoms. The lowest BCUT2D eigenvalue weighted by Gasteiger charge is -2.24. The minimum absolute atomic E-state index is 0.161. The van der Waals surface area contributed by atoms with Crippen LogP contribution in [0.5, 0.6) is 0 Å². The second-order valence-electron chi connectivity index (χ2n) is 7.53. The Bertz CT molecular complexity index is 984. The molecule has 1 atom stereocenters. The van der Waals surface area contributed by atoms with Crippen LogP contribution in [0.15, 0.2) is 59.7 Å². The summed E-state index contributed by atoms with van der Waals surface area (Å²) in [6.07, 6.45) is 4.62. The van der Waals surface area contributed by atoms with Crippen molar-refractivity contribution in [3.05, 3.63) is 70.8 Å². The molecule has 1 fully saturated rings. The molecule has 1 saturated heterocycles. The van der Waals surface area contributed by atoms with E-state index in [0.717, 1.165) is 24.2 Å². The van der Waals surface area contributed by atoms with Crippen molar-refractivity contribution in [2.45, 2.75) is 19.0 Å². The fraction of sp³-hybridized carbons (Fsp3) is 0.318. The average Bonchev–Trinajstić information content (AvgIpc) is 3.15. The average molecular weight is 375 g/mol. The maximum absolute atomic E-state index is 12.1. The van der Waals surface area contributed by atoms with Gasteiger partial charge in [-0.25, -0.2) is 4.98 Å². The summed E-state index contributed by atoms with van der Waals surface area (Å²) >= 11 is 0. The van der Waals surface area contributed by atoms with E-state index in [0.29, 0.717) is 17.6 Å². The van der Waals surface area contributed by atoms with Crippen molar-refractivity contribution in [2.75, 3.05) is 27.2 Å². The molecule has 3 heterocycles. The summed E-state index contributed by atoms with van der Waals surface area (Å²) in [6.45, 7) is 3.21. The van der Waals surface area contributed by atoms with E-state index in [-0.39, 0.29) is 5.56 Å². The van der Waals surface area contributed by atoms with Crippen molar-refractivity contribution in [3.63, 3.8) is 0 Å². The summed E-state index contributed by atoms with van der Waals surface area (Å²) in [6, 6.07) is 14.1. The second-order valence-corrected chi connectivity index (χ2v) is 7.53. The van der Waals surface area contributed by atoms with Crippen LogP contribution in [0.4, 0.5) is 0 Å². The predicted octanol–water partition coefficient (Wildman–Crippen LogP) is 2.63. The fourth-order valence-corrected chi connectivity index (χ4v) is 3.72. The van der Waals surface area contributed by atoms with Crippen LogP contribution in [0.2, 0.25) is 0 Å². The van der Waals surface area contributed by atoms with Crippen LogP contribution < -0.4 is 5.56 Å². The predicted molar refractivity (Wildman–Crippen MR) is 111 cm³/mol. The third kappa shape index (κ3) is 4.18. The SMILES string of the molecule is CN1CCC(N(C)Cc2ccc(-c3nc(-c4ccncc4)cc(=O)[nH]3)cc2)C1. The molecule has 0 amide bonds. The third-order valence-corrected chi connectivity index (χ3v) is 5.37. The van der Waals surface area contributed by atoms with Crippen molar-refractivity contribution in [1.82, 2.24) is 24.8 Å². The molecule has 1 aromatic carbocycles. The van der Waals surface area contributed by atoms with E-state index in [4.69, 9.17) is 0 Å². The monoisotopic (exact) mass is 375 g/mol. The first-order chi connectivity index (χ1) is 13.6. The van der Waals surface area contributed by atoms with E-state index in [1.807, 2.05) is 24.3 Å². The van der Waals surface area contributed by atoms with Gasteiger partial charge in [-0.3, -0.25) is 14.7 Å². The fourth-order valence-electron chi connectivity index (χ4n) is 3.72. The Hall–Kier alpha value is -2.83. The number of likely N-dealkylation sites (tertiary alicyclic amines) is 1. The normalized spacial score (nSPS) is 17.3. The molecule has 1 aliphatic rings. The van der Waals surface area contributed by atoms with E-state index >= 15 is 0 Å². The molecule has 0 radical (unpaired) electrons. The minimum atomic E-state index is -0.161. The summed E-state index contributed by atoms with van der Waals surface area (Å²) in [4.78, 5) is 28.4. The van der Waals surface area contributed by atoms with Crippen LogP contribution in [-0.2, 0) is 6.54 Å². The summed E-state index contributed by atoms with van der Waals surface area (Å²) in [5.74, 6) is 0.580. The van der Waals surface area contributed by atoms with Gasteiger partial charge in [0.1, 0.15) is 5.82 Å². The number of likely N-dealkylation sites (N-methyl/N-ethyl adjacent to an activating group) is 2. The maximum Gasteiger partial charge on any atom is 0.251 e. The van der Waals surface area contributed by atoms with Crippen LogP contribution >= 0.6 is 0 Å². The van der Waals surface area contributed by atoms with Crippen molar-refractivity contribution in [3.8, 4) is 22.6 Å². The Morgan fingerprint density at radius 1 is 1.14 bits per heavy atom. The van der Waals surface area contributed by atoms with E-state index in [9.17, 15) is 4.79 Å². The number of aromatic amines is 1. The van der Waals surface area contributed by atoms with Crippen LogP contribution in [0.25, 0.3) is 22.6 Å². The van der Waals surface area contributed by atoms with Gasteiger partial charge < -0.3 is 9.88 Å². The number of hydrogen-bond acceptors (Lipinski definition) is 5.